The minimum atomic E-state index is 0.245. The van der Waals surface area contributed by atoms with Crippen LogP contribution in [0.3, 0.4) is 0 Å². The summed E-state index contributed by atoms with van der Waals surface area (Å²) >= 11 is 0. The number of hydrogen-bond acceptors (Lipinski definition) is 2. The van der Waals surface area contributed by atoms with Gasteiger partial charge in [0.2, 0.25) is 0 Å². The van der Waals surface area contributed by atoms with Crippen LogP contribution in [-0.2, 0) is 0 Å². The second-order valence-corrected chi connectivity index (χ2v) is 7.14. The fraction of sp³-hybridized carbons (Fsp3) is 0.391. The molecule has 0 amide bonds. The number of fused-ring (bicyclic) bond motifs is 1. The molecule has 0 saturated heterocycles. The van der Waals surface area contributed by atoms with E-state index < -0.39 is 0 Å². The van der Waals surface area contributed by atoms with Crippen LogP contribution in [0.5, 0.6) is 0 Å². The highest BCUT2D eigenvalue weighted by atomic mass is 16.1. The van der Waals surface area contributed by atoms with Crippen molar-refractivity contribution < 1.29 is 4.79 Å². The van der Waals surface area contributed by atoms with Crippen LogP contribution in [0.15, 0.2) is 42.5 Å². The predicted octanol–water partition coefficient (Wildman–Crippen LogP) is 6.47. The highest BCUT2D eigenvalue weighted by molar-refractivity contribution is 5.97. The summed E-state index contributed by atoms with van der Waals surface area (Å²) in [6.07, 6.45) is 7.89. The van der Waals surface area contributed by atoms with Gasteiger partial charge in [-0.05, 0) is 25.5 Å². The molecule has 1 N–H and O–H groups in total. The summed E-state index contributed by atoms with van der Waals surface area (Å²) in [6, 6.07) is 14.2. The van der Waals surface area contributed by atoms with Crippen LogP contribution in [0.4, 0.5) is 0 Å². The van der Waals surface area contributed by atoms with E-state index in [2.05, 4.69) is 42.2 Å². The molecule has 0 spiro atoms. The van der Waals surface area contributed by atoms with Gasteiger partial charge in [-0.1, -0.05) is 74.9 Å². The summed E-state index contributed by atoms with van der Waals surface area (Å²) in [5.41, 5.74) is 5.04. The van der Waals surface area contributed by atoms with Crippen molar-refractivity contribution in [3.05, 3.63) is 53.6 Å². The van der Waals surface area contributed by atoms with Crippen LogP contribution in [0.25, 0.3) is 22.2 Å². The maximum Gasteiger partial charge on any atom is 0.162 e. The number of aromatic nitrogens is 2. The lowest BCUT2D eigenvalue weighted by molar-refractivity contribution is 0.0979. The molecule has 0 bridgehead atoms. The Labute approximate surface area is 155 Å². The summed E-state index contributed by atoms with van der Waals surface area (Å²) in [5.74, 6) is 0.245. The van der Waals surface area contributed by atoms with Gasteiger partial charge in [-0.2, -0.15) is 5.10 Å². The van der Waals surface area contributed by atoms with E-state index in [-0.39, 0.29) is 5.78 Å². The number of aromatic amines is 1. The van der Waals surface area contributed by atoms with Crippen molar-refractivity contribution in [3.63, 3.8) is 0 Å². The standard InChI is InChI=1S/C23H28N2O/c1-3-4-5-6-7-8-9-22(26)18-11-13-19(14-12-18)23-20-16-17(2)10-15-21(20)24-25-23/h10-16H,3-9H2,1-2H3,(H,24,25). The number of unbranched alkanes of at least 4 members (excludes halogenated alkanes) is 5. The second kappa shape index (κ2) is 8.79. The SMILES string of the molecule is CCCCCCCCC(=O)c1ccc(-c2n[nH]c3ccc(C)cc23)cc1. The molecule has 1 heterocycles. The van der Waals surface area contributed by atoms with Crippen molar-refractivity contribution in [2.45, 2.75) is 58.8 Å². The van der Waals surface area contributed by atoms with Gasteiger partial charge in [0.1, 0.15) is 0 Å². The first-order valence-corrected chi connectivity index (χ1v) is 9.77. The molecule has 0 radical (unpaired) electrons. The van der Waals surface area contributed by atoms with Crippen molar-refractivity contribution >= 4 is 16.7 Å². The Morgan fingerprint density at radius 1 is 0.962 bits per heavy atom. The van der Waals surface area contributed by atoms with Crippen molar-refractivity contribution in [1.29, 1.82) is 0 Å². The lowest BCUT2D eigenvalue weighted by Crippen LogP contribution is -1.98. The van der Waals surface area contributed by atoms with E-state index in [1.54, 1.807) is 0 Å². The molecule has 3 aromatic rings. The van der Waals surface area contributed by atoms with Gasteiger partial charge in [-0.25, -0.2) is 0 Å². The van der Waals surface area contributed by atoms with Gasteiger partial charge in [0.05, 0.1) is 11.2 Å². The van der Waals surface area contributed by atoms with Gasteiger partial charge >= 0.3 is 0 Å². The van der Waals surface area contributed by atoms with Crippen molar-refractivity contribution in [3.8, 4) is 11.3 Å². The number of ketones is 1. The Hall–Kier alpha value is -2.42. The molecule has 0 saturated carbocycles. The van der Waals surface area contributed by atoms with Crippen LogP contribution in [-0.4, -0.2) is 16.0 Å². The van der Waals surface area contributed by atoms with Gasteiger partial charge < -0.3 is 0 Å². The van der Waals surface area contributed by atoms with E-state index in [0.717, 1.165) is 40.6 Å². The number of nitrogens with one attached hydrogen (secondary N) is 1. The van der Waals surface area contributed by atoms with Gasteiger partial charge in [-0.15, -0.1) is 0 Å². The van der Waals surface area contributed by atoms with Crippen molar-refractivity contribution in [2.75, 3.05) is 0 Å². The molecule has 0 aliphatic rings. The van der Waals surface area contributed by atoms with Gasteiger partial charge in [0, 0.05) is 22.9 Å². The van der Waals surface area contributed by atoms with E-state index in [4.69, 9.17) is 0 Å². The highest BCUT2D eigenvalue weighted by Crippen LogP contribution is 2.27. The fourth-order valence-electron chi connectivity index (χ4n) is 3.37. The third kappa shape index (κ3) is 4.40. The summed E-state index contributed by atoms with van der Waals surface area (Å²) in [6.45, 7) is 4.31. The Balaban J connectivity index is 1.62. The number of aryl methyl sites for hydroxylation is 1. The smallest absolute Gasteiger partial charge is 0.162 e. The third-order valence-electron chi connectivity index (χ3n) is 4.96. The molecule has 3 nitrogen and oxygen atoms in total. The zero-order valence-electron chi connectivity index (χ0n) is 15.8. The summed E-state index contributed by atoms with van der Waals surface area (Å²) in [4.78, 5) is 12.4. The van der Waals surface area contributed by atoms with Gasteiger partial charge in [-0.3, -0.25) is 9.89 Å². The monoisotopic (exact) mass is 348 g/mol. The van der Waals surface area contributed by atoms with Crippen molar-refractivity contribution in [2.24, 2.45) is 0 Å². The first-order valence-electron chi connectivity index (χ1n) is 9.77. The number of Topliss-reactive ketones (excluding diaryl/α,β-unsaturated/α-hetero) is 1. The average molecular weight is 348 g/mol. The Morgan fingerprint density at radius 2 is 1.69 bits per heavy atom. The summed E-state index contributed by atoms with van der Waals surface area (Å²) in [5, 5.41) is 8.66. The Kier molecular flexibility index (Phi) is 6.21. The minimum absolute atomic E-state index is 0.245. The van der Waals surface area contributed by atoms with E-state index in [1.807, 2.05) is 24.3 Å². The third-order valence-corrected chi connectivity index (χ3v) is 4.96. The highest BCUT2D eigenvalue weighted by Gasteiger charge is 2.10. The molecule has 0 atom stereocenters. The number of H-pyrrole nitrogens is 1. The van der Waals surface area contributed by atoms with Gasteiger partial charge in [0.25, 0.3) is 0 Å². The number of carbonyl (C=O) groups is 1. The summed E-state index contributed by atoms with van der Waals surface area (Å²) in [7, 11) is 0. The first kappa shape index (κ1) is 18.4. The number of nitrogens with zero attached hydrogens (tertiary/aromatic N) is 1. The minimum Gasteiger partial charge on any atom is -0.294 e. The Morgan fingerprint density at radius 3 is 2.46 bits per heavy atom. The molecule has 0 fully saturated rings. The van der Waals surface area contributed by atoms with E-state index in [1.165, 1.54) is 31.2 Å². The number of hydrogen-bond donors (Lipinski definition) is 1. The maximum absolute atomic E-state index is 12.4. The largest absolute Gasteiger partial charge is 0.294 e. The van der Waals surface area contributed by atoms with E-state index in [9.17, 15) is 4.79 Å². The molecule has 0 aliphatic heterocycles. The van der Waals surface area contributed by atoms with E-state index >= 15 is 0 Å². The Bertz CT molecular complexity index is 862. The van der Waals surface area contributed by atoms with Crippen LogP contribution in [0, 0.1) is 6.92 Å². The quantitative estimate of drug-likeness (QED) is 0.356. The van der Waals surface area contributed by atoms with Crippen molar-refractivity contribution in [1.82, 2.24) is 10.2 Å². The topological polar surface area (TPSA) is 45.8 Å². The number of carbonyl (C=O) groups excluding carboxylic acids is 1. The summed E-state index contributed by atoms with van der Waals surface area (Å²) < 4.78 is 0. The normalized spacial score (nSPS) is 11.2. The maximum atomic E-state index is 12.4. The van der Waals surface area contributed by atoms with Crippen LogP contribution >= 0.6 is 0 Å². The molecule has 26 heavy (non-hydrogen) atoms. The van der Waals surface area contributed by atoms with E-state index in [0.29, 0.717) is 6.42 Å². The zero-order chi connectivity index (χ0) is 18.4. The second-order valence-electron chi connectivity index (χ2n) is 7.14. The zero-order valence-corrected chi connectivity index (χ0v) is 15.8. The van der Waals surface area contributed by atoms with Crippen LogP contribution < -0.4 is 0 Å². The fourth-order valence-corrected chi connectivity index (χ4v) is 3.37. The predicted molar refractivity (Wildman–Crippen MR) is 109 cm³/mol. The number of rotatable bonds is 9. The molecule has 2 aromatic carbocycles. The molecular weight excluding hydrogens is 320 g/mol. The molecule has 136 valence electrons. The molecular formula is C23H28N2O. The van der Waals surface area contributed by atoms with Gasteiger partial charge in [0.15, 0.2) is 5.78 Å². The molecule has 0 aliphatic carbocycles. The lowest BCUT2D eigenvalue weighted by Gasteiger charge is -2.04. The van der Waals surface area contributed by atoms with Crippen LogP contribution in [0.1, 0.15) is 67.8 Å². The lowest BCUT2D eigenvalue weighted by atomic mass is 10.0. The molecule has 1 aromatic heterocycles. The molecule has 3 heteroatoms. The molecule has 3 rings (SSSR count). The van der Waals surface area contributed by atoms with Crippen LogP contribution in [0.2, 0.25) is 0 Å². The molecule has 0 unspecified atom stereocenters. The average Bonchev–Trinajstić information content (AvgIpc) is 3.07. The number of benzene rings is 2. The first-order chi connectivity index (χ1) is 12.7.